The van der Waals surface area contributed by atoms with Crippen molar-refractivity contribution in [2.45, 2.75) is 20.8 Å². The first-order chi connectivity index (χ1) is 8.41. The molecule has 0 fully saturated rings. The molecule has 1 heterocycles. The largest absolute Gasteiger partial charge is 0.480 e. The second-order valence-electron chi connectivity index (χ2n) is 4.50. The summed E-state index contributed by atoms with van der Waals surface area (Å²) in [4.78, 5) is 32.0. The Balaban J connectivity index is 2.95. The first-order valence-corrected chi connectivity index (χ1v) is 5.69. The molecule has 0 aliphatic carbocycles. The van der Waals surface area contributed by atoms with E-state index in [9.17, 15) is 9.59 Å². The summed E-state index contributed by atoms with van der Waals surface area (Å²) in [7, 11) is 0. The third-order valence-electron chi connectivity index (χ3n) is 2.34. The van der Waals surface area contributed by atoms with Gasteiger partial charge in [-0.25, -0.2) is 9.97 Å². The average molecular weight is 251 g/mol. The molecule has 0 saturated heterocycles. The van der Waals surface area contributed by atoms with Crippen molar-refractivity contribution in [1.29, 1.82) is 0 Å². The Hall–Kier alpha value is -1.98. The molecule has 6 nitrogen and oxygen atoms in total. The number of aryl methyl sites for hydroxylation is 1. The predicted molar refractivity (Wildman–Crippen MR) is 65.1 cm³/mol. The summed E-state index contributed by atoms with van der Waals surface area (Å²) >= 11 is 0. The molecule has 6 heteroatoms. The number of amides is 1. The second-order valence-corrected chi connectivity index (χ2v) is 4.50. The number of carbonyl (C=O) groups is 2. The summed E-state index contributed by atoms with van der Waals surface area (Å²) in [5.41, 5.74) is 0.897. The minimum absolute atomic E-state index is 0.193. The highest BCUT2D eigenvalue weighted by Crippen LogP contribution is 2.09. The normalized spacial score (nSPS) is 10.4. The standard InChI is InChI=1S/C12H17N3O3/c1-8(2)5-15(6-11(16)17)12(18)10-4-13-7-14-9(10)3/h4,7-8H,5-6H2,1-3H3,(H,16,17). The van der Waals surface area contributed by atoms with Gasteiger partial charge in [-0.3, -0.25) is 9.59 Å². The molecule has 1 aromatic rings. The lowest BCUT2D eigenvalue weighted by atomic mass is 10.1. The van der Waals surface area contributed by atoms with Crippen molar-refractivity contribution in [3.8, 4) is 0 Å². The number of carboxylic acids is 1. The van der Waals surface area contributed by atoms with Gasteiger partial charge in [0.15, 0.2) is 0 Å². The van der Waals surface area contributed by atoms with Gasteiger partial charge in [0, 0.05) is 12.7 Å². The number of aromatic nitrogens is 2. The van der Waals surface area contributed by atoms with Gasteiger partial charge in [0.05, 0.1) is 11.3 Å². The molecule has 18 heavy (non-hydrogen) atoms. The summed E-state index contributed by atoms with van der Waals surface area (Å²) in [6.07, 6.45) is 2.77. The van der Waals surface area contributed by atoms with Crippen molar-refractivity contribution in [3.05, 3.63) is 23.8 Å². The van der Waals surface area contributed by atoms with E-state index in [2.05, 4.69) is 9.97 Å². The minimum atomic E-state index is -1.03. The zero-order chi connectivity index (χ0) is 13.7. The van der Waals surface area contributed by atoms with Crippen molar-refractivity contribution in [2.24, 2.45) is 5.92 Å². The number of nitrogens with zero attached hydrogens (tertiary/aromatic N) is 3. The van der Waals surface area contributed by atoms with E-state index in [1.807, 2.05) is 13.8 Å². The molecular formula is C12H17N3O3. The predicted octanol–water partition coefficient (Wildman–Crippen LogP) is 0.968. The van der Waals surface area contributed by atoms with Gasteiger partial charge in [0.2, 0.25) is 0 Å². The molecule has 1 amide bonds. The summed E-state index contributed by atoms with van der Waals surface area (Å²) < 4.78 is 0. The van der Waals surface area contributed by atoms with Gasteiger partial charge in [-0.1, -0.05) is 13.8 Å². The Bertz CT molecular complexity index is 446. The van der Waals surface area contributed by atoms with Crippen molar-refractivity contribution in [3.63, 3.8) is 0 Å². The van der Waals surface area contributed by atoms with Crippen LogP contribution in [0.5, 0.6) is 0 Å². The molecule has 0 aromatic carbocycles. The molecule has 1 aromatic heterocycles. The smallest absolute Gasteiger partial charge is 0.323 e. The van der Waals surface area contributed by atoms with E-state index in [1.54, 1.807) is 6.92 Å². The zero-order valence-corrected chi connectivity index (χ0v) is 10.8. The third kappa shape index (κ3) is 3.80. The van der Waals surface area contributed by atoms with Crippen LogP contribution in [-0.2, 0) is 4.79 Å². The number of hydrogen-bond acceptors (Lipinski definition) is 4. The van der Waals surface area contributed by atoms with E-state index in [-0.39, 0.29) is 18.4 Å². The number of rotatable bonds is 5. The van der Waals surface area contributed by atoms with Gasteiger partial charge < -0.3 is 10.0 Å². The first kappa shape index (κ1) is 14.1. The Labute approximate surface area is 106 Å². The van der Waals surface area contributed by atoms with Gasteiger partial charge in [-0.2, -0.15) is 0 Å². The quantitative estimate of drug-likeness (QED) is 0.843. The second kappa shape index (κ2) is 6.09. The minimum Gasteiger partial charge on any atom is -0.480 e. The van der Waals surface area contributed by atoms with Crippen molar-refractivity contribution in [2.75, 3.05) is 13.1 Å². The maximum atomic E-state index is 12.2. The molecule has 0 aliphatic heterocycles. The fraction of sp³-hybridized carbons (Fsp3) is 0.500. The molecular weight excluding hydrogens is 234 g/mol. The van der Waals surface area contributed by atoms with Crippen LogP contribution in [0.3, 0.4) is 0 Å². The zero-order valence-electron chi connectivity index (χ0n) is 10.8. The molecule has 1 N–H and O–H groups in total. The Morgan fingerprint density at radius 2 is 2.11 bits per heavy atom. The van der Waals surface area contributed by atoms with E-state index >= 15 is 0 Å². The van der Waals surface area contributed by atoms with Crippen LogP contribution < -0.4 is 0 Å². The molecule has 0 unspecified atom stereocenters. The molecule has 0 atom stereocenters. The molecule has 0 saturated carbocycles. The van der Waals surface area contributed by atoms with Gasteiger partial charge in [0.1, 0.15) is 12.9 Å². The lowest BCUT2D eigenvalue weighted by molar-refractivity contribution is -0.137. The highest BCUT2D eigenvalue weighted by Gasteiger charge is 2.21. The van der Waals surface area contributed by atoms with Crippen LogP contribution in [0.1, 0.15) is 29.9 Å². The van der Waals surface area contributed by atoms with Gasteiger partial charge >= 0.3 is 5.97 Å². The van der Waals surface area contributed by atoms with Crippen LogP contribution in [-0.4, -0.2) is 44.9 Å². The lowest BCUT2D eigenvalue weighted by Crippen LogP contribution is -2.38. The maximum Gasteiger partial charge on any atom is 0.323 e. The van der Waals surface area contributed by atoms with Crippen LogP contribution in [0.2, 0.25) is 0 Å². The number of hydrogen-bond donors (Lipinski definition) is 1. The third-order valence-corrected chi connectivity index (χ3v) is 2.34. The van der Waals surface area contributed by atoms with E-state index in [4.69, 9.17) is 5.11 Å². The highest BCUT2D eigenvalue weighted by molar-refractivity contribution is 5.96. The van der Waals surface area contributed by atoms with Crippen LogP contribution in [0.15, 0.2) is 12.5 Å². The van der Waals surface area contributed by atoms with E-state index in [1.165, 1.54) is 17.4 Å². The summed E-state index contributed by atoms with van der Waals surface area (Å²) in [5.74, 6) is -1.18. The van der Waals surface area contributed by atoms with Gasteiger partial charge in [0.25, 0.3) is 5.91 Å². The molecule has 0 aliphatic rings. The molecule has 98 valence electrons. The van der Waals surface area contributed by atoms with Gasteiger partial charge in [-0.15, -0.1) is 0 Å². The Morgan fingerprint density at radius 3 is 2.61 bits per heavy atom. The van der Waals surface area contributed by atoms with E-state index in [0.717, 1.165) is 0 Å². The SMILES string of the molecule is Cc1ncncc1C(=O)N(CC(=O)O)CC(C)C. The molecule has 0 bridgehead atoms. The van der Waals surface area contributed by atoms with Crippen molar-refractivity contribution in [1.82, 2.24) is 14.9 Å². The Kier molecular flexibility index (Phi) is 4.76. The van der Waals surface area contributed by atoms with Gasteiger partial charge in [-0.05, 0) is 12.8 Å². The van der Waals surface area contributed by atoms with Crippen molar-refractivity contribution >= 4 is 11.9 Å². The topological polar surface area (TPSA) is 83.4 Å². The first-order valence-electron chi connectivity index (χ1n) is 5.69. The number of carboxylic acid groups (broad SMARTS) is 1. The monoisotopic (exact) mass is 251 g/mol. The Morgan fingerprint density at radius 1 is 1.44 bits per heavy atom. The fourth-order valence-corrected chi connectivity index (χ4v) is 1.59. The van der Waals surface area contributed by atoms with Crippen LogP contribution >= 0.6 is 0 Å². The fourth-order valence-electron chi connectivity index (χ4n) is 1.59. The van der Waals surface area contributed by atoms with E-state index in [0.29, 0.717) is 17.8 Å². The van der Waals surface area contributed by atoms with Crippen LogP contribution in [0, 0.1) is 12.8 Å². The highest BCUT2D eigenvalue weighted by atomic mass is 16.4. The van der Waals surface area contributed by atoms with Crippen LogP contribution in [0.4, 0.5) is 0 Å². The van der Waals surface area contributed by atoms with Crippen molar-refractivity contribution < 1.29 is 14.7 Å². The maximum absolute atomic E-state index is 12.2. The number of carbonyl (C=O) groups excluding carboxylic acids is 1. The molecule has 0 radical (unpaired) electrons. The molecule has 1 rings (SSSR count). The molecule has 0 spiro atoms. The van der Waals surface area contributed by atoms with Crippen LogP contribution in [0.25, 0.3) is 0 Å². The average Bonchev–Trinajstić information content (AvgIpc) is 2.26. The summed E-state index contributed by atoms with van der Waals surface area (Å²) in [5, 5.41) is 8.84. The summed E-state index contributed by atoms with van der Waals surface area (Å²) in [6, 6.07) is 0. The number of aliphatic carboxylic acids is 1. The lowest BCUT2D eigenvalue weighted by Gasteiger charge is -2.23. The van der Waals surface area contributed by atoms with E-state index < -0.39 is 5.97 Å². The summed E-state index contributed by atoms with van der Waals surface area (Å²) in [6.45, 7) is 5.63.